The van der Waals surface area contributed by atoms with Gasteiger partial charge in [-0.15, -0.1) is 0 Å². The Labute approximate surface area is 296 Å². The number of aliphatic hydroxyl groups excluding tert-OH is 1. The molecule has 50 heavy (non-hydrogen) atoms. The highest BCUT2D eigenvalue weighted by molar-refractivity contribution is 7.87. The van der Waals surface area contributed by atoms with Gasteiger partial charge in [-0.05, 0) is 103 Å². The van der Waals surface area contributed by atoms with E-state index in [4.69, 9.17) is 4.74 Å². The van der Waals surface area contributed by atoms with E-state index in [1.165, 1.54) is 26.1 Å². The van der Waals surface area contributed by atoms with E-state index in [0.717, 1.165) is 70.7 Å². The maximum atomic E-state index is 14.4. The molecule has 4 atom stereocenters. The summed E-state index contributed by atoms with van der Waals surface area (Å²) in [7, 11) is 0.393. The van der Waals surface area contributed by atoms with Gasteiger partial charge in [0.1, 0.15) is 5.75 Å². The smallest absolute Gasteiger partial charge is 0.303 e. The van der Waals surface area contributed by atoms with Crippen LogP contribution in [0.5, 0.6) is 5.75 Å². The maximum Gasteiger partial charge on any atom is 0.303 e. The number of carbonyl (C=O) groups is 2. The summed E-state index contributed by atoms with van der Waals surface area (Å²) < 4.78 is 36.1. The molecule has 2 aromatic carbocycles. The van der Waals surface area contributed by atoms with Crippen LogP contribution in [0, 0.1) is 22.2 Å². The van der Waals surface area contributed by atoms with Gasteiger partial charge in [-0.3, -0.25) is 9.59 Å². The number of ether oxygens (including phenoxy) is 1. The van der Waals surface area contributed by atoms with Crippen LogP contribution >= 0.6 is 0 Å². The molecule has 0 spiro atoms. The molecule has 4 aliphatic rings. The van der Waals surface area contributed by atoms with Gasteiger partial charge in [-0.25, -0.2) is 4.72 Å². The van der Waals surface area contributed by atoms with E-state index >= 15 is 0 Å². The highest BCUT2D eigenvalue weighted by atomic mass is 32.2. The fraction of sp³-hybridized carbons (Fsp3) is 0.590. The summed E-state index contributed by atoms with van der Waals surface area (Å²) in [6.45, 7) is 7.02. The fourth-order valence-corrected chi connectivity index (χ4v) is 10.1. The molecule has 11 heteroatoms. The van der Waals surface area contributed by atoms with E-state index in [2.05, 4.69) is 47.5 Å². The minimum absolute atomic E-state index is 0.0266. The third kappa shape index (κ3) is 5.55. The Hall–Kier alpha value is -3.41. The Kier molecular flexibility index (Phi) is 8.66. The highest BCUT2D eigenvalue weighted by Crippen LogP contribution is 2.65. The predicted molar refractivity (Wildman–Crippen MR) is 194 cm³/mol. The van der Waals surface area contributed by atoms with Crippen molar-refractivity contribution in [2.75, 3.05) is 21.2 Å². The van der Waals surface area contributed by atoms with Gasteiger partial charge in [-0.2, -0.15) is 12.7 Å². The van der Waals surface area contributed by atoms with Crippen LogP contribution in [0.15, 0.2) is 42.5 Å². The van der Waals surface area contributed by atoms with E-state index < -0.39 is 27.6 Å². The second-order valence-electron chi connectivity index (χ2n) is 16.4. The molecule has 3 N–H and O–H groups in total. The zero-order valence-electron chi connectivity index (χ0n) is 30.2. The number of amides is 2. The van der Waals surface area contributed by atoms with Crippen molar-refractivity contribution in [1.82, 2.24) is 18.9 Å². The lowest BCUT2D eigenvalue weighted by atomic mass is 9.70. The number of nitrogens with one attached hydrogen (secondary N) is 2. The number of hydrogen-bond acceptors (Lipinski definition) is 6. The van der Waals surface area contributed by atoms with Gasteiger partial charge in [0.05, 0.1) is 30.4 Å². The first-order chi connectivity index (χ1) is 23.6. The SMILES string of the molecule is COc1ccc(-c2c(C3CCCCC3)c3ccc(C(=O)NS(=O)(=O)N(C)C)cc3n2CC2(C(=O)N[C@@H]3C4CCC(C)([C@@H]3O)C4(C)C)CC2)cc1. The molecule has 0 saturated heterocycles. The van der Waals surface area contributed by atoms with Crippen molar-refractivity contribution < 1.29 is 27.9 Å². The number of methoxy groups -OCH3 is 1. The Balaban J connectivity index is 1.34. The molecule has 1 aromatic heterocycles. The number of aromatic nitrogens is 1. The largest absolute Gasteiger partial charge is 0.497 e. The Morgan fingerprint density at radius 2 is 1.66 bits per heavy atom. The van der Waals surface area contributed by atoms with Gasteiger partial charge >= 0.3 is 10.2 Å². The first-order valence-electron chi connectivity index (χ1n) is 18.2. The second kappa shape index (κ2) is 12.4. The standard InChI is InChI=1S/C39H52N4O6S/c1-37(2)29-18-19-38(37,3)34(44)32(29)40-36(46)39(20-21-39)23-43-30-22-26(35(45)41-50(47,48)42(4)5)14-17-28(30)31(24-10-8-7-9-11-24)33(43)25-12-15-27(49-6)16-13-25/h12-17,22,24,29,32,34,44H,7-11,18-21,23H2,1-6H3,(H,40,46)(H,41,45)/t29?,32-,34-,38?/m1/s1. The van der Waals surface area contributed by atoms with Crippen LogP contribution < -0.4 is 14.8 Å². The van der Waals surface area contributed by atoms with Gasteiger partial charge in [-0.1, -0.05) is 46.1 Å². The lowest BCUT2D eigenvalue weighted by molar-refractivity contribution is -0.129. The quantitative estimate of drug-likeness (QED) is 0.238. The molecule has 4 aliphatic carbocycles. The molecule has 2 bridgehead atoms. The minimum Gasteiger partial charge on any atom is -0.497 e. The van der Waals surface area contributed by atoms with E-state index in [-0.39, 0.29) is 34.3 Å². The van der Waals surface area contributed by atoms with Crippen LogP contribution in [-0.2, 0) is 21.5 Å². The summed E-state index contributed by atoms with van der Waals surface area (Å²) in [5, 5.41) is 15.9. The van der Waals surface area contributed by atoms with Crippen molar-refractivity contribution in [3.63, 3.8) is 0 Å². The van der Waals surface area contributed by atoms with Crippen LogP contribution in [0.25, 0.3) is 22.2 Å². The molecule has 0 radical (unpaired) electrons. The van der Waals surface area contributed by atoms with Crippen LogP contribution in [-0.4, -0.2) is 67.6 Å². The zero-order valence-corrected chi connectivity index (χ0v) is 31.0. The number of carbonyl (C=O) groups excluding carboxylic acids is 2. The third-order valence-corrected chi connectivity index (χ3v) is 14.7. The zero-order chi connectivity index (χ0) is 35.8. The number of fused-ring (bicyclic) bond motifs is 3. The van der Waals surface area contributed by atoms with Crippen molar-refractivity contribution in [1.29, 1.82) is 0 Å². The number of rotatable bonds is 10. The monoisotopic (exact) mass is 704 g/mol. The number of hydrogen-bond donors (Lipinski definition) is 3. The molecular formula is C39H52N4O6S. The minimum atomic E-state index is -4.00. The summed E-state index contributed by atoms with van der Waals surface area (Å²) in [5.41, 5.74) is 3.29. The average molecular weight is 705 g/mol. The molecule has 7 rings (SSSR count). The topological polar surface area (TPSA) is 130 Å². The van der Waals surface area contributed by atoms with Crippen LogP contribution in [0.2, 0.25) is 0 Å². The lowest BCUT2D eigenvalue weighted by Crippen LogP contribution is -2.51. The molecule has 2 unspecified atom stereocenters. The van der Waals surface area contributed by atoms with Gasteiger partial charge in [0, 0.05) is 42.5 Å². The maximum absolute atomic E-state index is 14.4. The normalized spacial score (nSPS) is 27.1. The van der Waals surface area contributed by atoms with Crippen molar-refractivity contribution in [2.45, 2.75) is 103 Å². The van der Waals surface area contributed by atoms with Gasteiger partial charge < -0.3 is 19.7 Å². The van der Waals surface area contributed by atoms with Crippen molar-refractivity contribution in [2.24, 2.45) is 22.2 Å². The Morgan fingerprint density at radius 3 is 2.24 bits per heavy atom. The number of nitrogens with zero attached hydrogens (tertiary/aromatic N) is 2. The summed E-state index contributed by atoms with van der Waals surface area (Å²) in [6, 6.07) is 13.2. The molecule has 4 saturated carbocycles. The highest BCUT2D eigenvalue weighted by Gasteiger charge is 2.67. The Bertz CT molecular complexity index is 1920. The molecule has 4 fully saturated rings. The van der Waals surface area contributed by atoms with Crippen molar-refractivity contribution in [3.8, 4) is 17.0 Å². The van der Waals surface area contributed by atoms with Gasteiger partial charge in [0.25, 0.3) is 5.91 Å². The molecule has 10 nitrogen and oxygen atoms in total. The Morgan fingerprint density at radius 1 is 0.980 bits per heavy atom. The predicted octanol–water partition coefficient (Wildman–Crippen LogP) is 5.98. The van der Waals surface area contributed by atoms with Gasteiger partial charge in [0.15, 0.2) is 0 Å². The molecule has 3 aromatic rings. The van der Waals surface area contributed by atoms with Gasteiger partial charge in [0.2, 0.25) is 5.91 Å². The molecule has 2 amide bonds. The number of aliphatic hydroxyl groups is 1. The van der Waals surface area contributed by atoms with Crippen LogP contribution in [0.4, 0.5) is 0 Å². The first kappa shape index (κ1) is 35.0. The average Bonchev–Trinajstić information content (AvgIpc) is 3.73. The summed E-state index contributed by atoms with van der Waals surface area (Å²) in [5.74, 6) is 0.521. The lowest BCUT2D eigenvalue weighted by Gasteiger charge is -2.37. The third-order valence-electron chi connectivity index (χ3n) is 13.3. The van der Waals surface area contributed by atoms with E-state index in [1.54, 1.807) is 19.2 Å². The van der Waals surface area contributed by atoms with Crippen molar-refractivity contribution >= 4 is 32.9 Å². The van der Waals surface area contributed by atoms with Crippen LogP contribution in [0.3, 0.4) is 0 Å². The molecule has 270 valence electrons. The molecular weight excluding hydrogens is 653 g/mol. The van der Waals surface area contributed by atoms with E-state index in [0.29, 0.717) is 25.3 Å². The molecule has 0 aliphatic heterocycles. The van der Waals surface area contributed by atoms with E-state index in [9.17, 15) is 23.1 Å². The summed E-state index contributed by atoms with van der Waals surface area (Å²) in [6.07, 6.45) is 8.34. The van der Waals surface area contributed by atoms with Crippen LogP contribution in [0.1, 0.15) is 100 Å². The summed E-state index contributed by atoms with van der Waals surface area (Å²) in [4.78, 5) is 27.8. The van der Waals surface area contributed by atoms with E-state index in [1.807, 2.05) is 18.2 Å². The fourth-order valence-electron chi connectivity index (χ4n) is 9.54. The first-order valence-corrected chi connectivity index (χ1v) is 19.6. The van der Waals surface area contributed by atoms with Crippen molar-refractivity contribution in [3.05, 3.63) is 53.6 Å². The number of benzene rings is 2. The summed E-state index contributed by atoms with van der Waals surface area (Å²) >= 11 is 0. The molecule has 1 heterocycles. The second-order valence-corrected chi connectivity index (χ2v) is 18.3.